The number of esters is 1. The molecule has 0 spiro atoms. The standard InChI is InChI=1S/C52H84O22/c1-22-31(56)34(59)37(62)42(68-22)73-41-40(72-43-38(63)35(60)32(57)26(19-53)69-43)25(55)21-67-45(41)71-30-11-12-49(5)28(47(30,2)3)10-13-51(7)29(49)9-8-23-24-18-48(4,66)14-16-52(24,17-15-50(23,51)6)46(65)74-44-39(64)36(61)33(58)27(20-54)70-44/h8,22,24-45,53-64,66H,9-21H2,1-7H3. The van der Waals surface area contributed by atoms with Crippen molar-refractivity contribution in [2.75, 3.05) is 19.8 Å². The molecular weight excluding hydrogens is 977 g/mol. The number of rotatable bonds is 10. The Morgan fingerprint density at radius 2 is 1.19 bits per heavy atom. The number of carbonyl (C=O) groups is 1. The summed E-state index contributed by atoms with van der Waals surface area (Å²) in [5, 5.41) is 139. The van der Waals surface area contributed by atoms with Crippen molar-refractivity contribution >= 4 is 5.97 Å². The molecule has 28 atom stereocenters. The predicted molar refractivity (Wildman–Crippen MR) is 252 cm³/mol. The van der Waals surface area contributed by atoms with Crippen LogP contribution < -0.4 is 0 Å². The van der Waals surface area contributed by atoms with Gasteiger partial charge in [0.15, 0.2) is 18.9 Å². The van der Waals surface area contributed by atoms with Crippen molar-refractivity contribution in [3.05, 3.63) is 11.6 Å². The third-order valence-electron chi connectivity index (χ3n) is 20.7. The van der Waals surface area contributed by atoms with Crippen LogP contribution in [-0.2, 0) is 42.7 Å². The van der Waals surface area contributed by atoms with Gasteiger partial charge in [-0.3, -0.25) is 4.79 Å². The minimum Gasteiger partial charge on any atom is -0.432 e. The molecule has 0 bridgehead atoms. The van der Waals surface area contributed by atoms with E-state index in [-0.39, 0.29) is 29.3 Å². The van der Waals surface area contributed by atoms with E-state index in [1.807, 2.05) is 0 Å². The van der Waals surface area contributed by atoms with Gasteiger partial charge in [0.05, 0.1) is 43.0 Å². The summed E-state index contributed by atoms with van der Waals surface area (Å²) in [7, 11) is 0. The molecular formula is C52H84O22. The molecule has 424 valence electrons. The molecule has 9 rings (SSSR count). The SMILES string of the molecule is CC1OC(OC2C(OC3CCC4(C)C(CCC5(C)C4CC=C4C6CC(C)(O)CCC6(C(=O)OC6OC(CO)C(O)C(O)C6O)CCC45C)C3(C)C)OCC(O)C2OC2OC(CO)C(O)C(O)C2O)C(O)C(O)C1O. The molecule has 8 fully saturated rings. The van der Waals surface area contributed by atoms with E-state index in [0.717, 1.165) is 24.8 Å². The monoisotopic (exact) mass is 1060 g/mol. The van der Waals surface area contributed by atoms with Gasteiger partial charge in [0.2, 0.25) is 6.29 Å². The van der Waals surface area contributed by atoms with Gasteiger partial charge in [-0.1, -0.05) is 46.3 Å². The number of aliphatic hydroxyl groups excluding tert-OH is 12. The lowest BCUT2D eigenvalue weighted by Crippen LogP contribution is -2.67. The van der Waals surface area contributed by atoms with E-state index >= 15 is 0 Å². The molecule has 74 heavy (non-hydrogen) atoms. The molecule has 0 aromatic heterocycles. The number of fused-ring (bicyclic) bond motifs is 7. The zero-order valence-corrected chi connectivity index (χ0v) is 43.5. The van der Waals surface area contributed by atoms with Crippen LogP contribution in [0.4, 0.5) is 0 Å². The van der Waals surface area contributed by atoms with Gasteiger partial charge in [-0.15, -0.1) is 0 Å². The normalized spacial score (nSPS) is 55.4. The first-order valence-electron chi connectivity index (χ1n) is 26.8. The summed E-state index contributed by atoms with van der Waals surface area (Å²) in [6.45, 7) is 12.9. The van der Waals surface area contributed by atoms with E-state index < -0.39 is 170 Å². The van der Waals surface area contributed by atoms with Crippen molar-refractivity contribution in [2.24, 2.45) is 44.8 Å². The Morgan fingerprint density at radius 3 is 1.82 bits per heavy atom. The van der Waals surface area contributed by atoms with Gasteiger partial charge >= 0.3 is 5.97 Å². The van der Waals surface area contributed by atoms with Crippen LogP contribution in [0.2, 0.25) is 0 Å². The first kappa shape index (κ1) is 57.1. The average molecular weight is 1060 g/mol. The van der Waals surface area contributed by atoms with Crippen LogP contribution in [0.15, 0.2) is 11.6 Å². The molecule has 22 nitrogen and oxygen atoms in total. The van der Waals surface area contributed by atoms with Crippen molar-refractivity contribution in [1.29, 1.82) is 0 Å². The largest absolute Gasteiger partial charge is 0.432 e. The summed E-state index contributed by atoms with van der Waals surface area (Å²) < 4.78 is 48.7. The maximum Gasteiger partial charge on any atom is 0.315 e. The van der Waals surface area contributed by atoms with Crippen LogP contribution >= 0.6 is 0 Å². The Hall–Kier alpha value is -1.59. The maximum absolute atomic E-state index is 14.7. The molecule has 4 aliphatic heterocycles. The molecule has 0 aromatic rings. The van der Waals surface area contributed by atoms with Crippen molar-refractivity contribution in [3.63, 3.8) is 0 Å². The van der Waals surface area contributed by atoms with Gasteiger partial charge in [0.25, 0.3) is 0 Å². The fourth-order valence-electron chi connectivity index (χ4n) is 16.0. The second kappa shape index (κ2) is 20.5. The quantitative estimate of drug-likeness (QED) is 0.0663. The highest BCUT2D eigenvalue weighted by atomic mass is 16.8. The number of allylic oxidation sites excluding steroid dienone is 2. The molecule has 0 aromatic carbocycles. The molecule has 4 saturated heterocycles. The zero-order chi connectivity index (χ0) is 54.0. The summed E-state index contributed by atoms with van der Waals surface area (Å²) in [4.78, 5) is 14.7. The van der Waals surface area contributed by atoms with Crippen molar-refractivity contribution in [1.82, 2.24) is 0 Å². The topological polar surface area (TPSA) is 354 Å². The Morgan fingerprint density at radius 1 is 0.622 bits per heavy atom. The van der Waals surface area contributed by atoms with E-state index in [9.17, 15) is 71.2 Å². The van der Waals surface area contributed by atoms with Gasteiger partial charge in [-0.2, -0.15) is 0 Å². The van der Waals surface area contributed by atoms with Gasteiger partial charge in [-0.05, 0) is 117 Å². The zero-order valence-electron chi connectivity index (χ0n) is 43.5. The lowest BCUT2D eigenvalue weighted by molar-refractivity contribution is -0.388. The summed E-state index contributed by atoms with van der Waals surface area (Å²) in [5.41, 5.74) is -2.50. The van der Waals surface area contributed by atoms with E-state index in [4.69, 9.17) is 37.9 Å². The van der Waals surface area contributed by atoms with Crippen LogP contribution in [0.3, 0.4) is 0 Å². The first-order valence-corrected chi connectivity index (χ1v) is 26.8. The van der Waals surface area contributed by atoms with E-state index in [2.05, 4.69) is 40.7 Å². The Kier molecular flexibility index (Phi) is 15.8. The Bertz CT molecular complexity index is 2040. The van der Waals surface area contributed by atoms with Crippen LogP contribution in [0.1, 0.15) is 113 Å². The molecule has 0 radical (unpaired) electrons. The van der Waals surface area contributed by atoms with Crippen molar-refractivity contribution < 1.29 is 109 Å². The molecule has 0 amide bonds. The van der Waals surface area contributed by atoms with Crippen LogP contribution in [0.25, 0.3) is 0 Å². The van der Waals surface area contributed by atoms with E-state index in [1.54, 1.807) is 6.92 Å². The maximum atomic E-state index is 14.7. The van der Waals surface area contributed by atoms with Crippen LogP contribution in [0.5, 0.6) is 0 Å². The van der Waals surface area contributed by atoms with Crippen LogP contribution in [0, 0.1) is 44.8 Å². The molecule has 22 heteroatoms. The Labute approximate surface area is 431 Å². The second-order valence-electron chi connectivity index (χ2n) is 25.1. The minimum absolute atomic E-state index is 0.0904. The van der Waals surface area contributed by atoms with Gasteiger partial charge in [0, 0.05) is 0 Å². The molecule has 4 heterocycles. The van der Waals surface area contributed by atoms with Crippen molar-refractivity contribution in [3.8, 4) is 0 Å². The van der Waals surface area contributed by atoms with E-state index in [1.165, 1.54) is 6.92 Å². The molecule has 9 aliphatic rings. The number of hydrogen-bond donors (Lipinski definition) is 13. The fourth-order valence-corrected chi connectivity index (χ4v) is 16.0. The number of hydrogen-bond acceptors (Lipinski definition) is 22. The Balaban J connectivity index is 0.973. The molecule has 4 saturated carbocycles. The van der Waals surface area contributed by atoms with Gasteiger partial charge < -0.3 is 104 Å². The predicted octanol–water partition coefficient (Wildman–Crippen LogP) is -1.64. The van der Waals surface area contributed by atoms with Gasteiger partial charge in [-0.25, -0.2) is 0 Å². The molecule has 13 N–H and O–H groups in total. The first-order chi connectivity index (χ1) is 34.6. The smallest absolute Gasteiger partial charge is 0.315 e. The number of ether oxygens (including phenoxy) is 8. The summed E-state index contributed by atoms with van der Waals surface area (Å²) in [6.07, 6.45) is -22.2. The average Bonchev–Trinajstić information content (AvgIpc) is 3.35. The summed E-state index contributed by atoms with van der Waals surface area (Å²) >= 11 is 0. The second-order valence-corrected chi connectivity index (χ2v) is 25.1. The highest BCUT2D eigenvalue weighted by Crippen LogP contribution is 2.76. The molecule has 5 aliphatic carbocycles. The minimum atomic E-state index is -1.84. The number of aliphatic hydroxyl groups is 13. The summed E-state index contributed by atoms with van der Waals surface area (Å²) in [5.74, 6) is -0.770. The molecule has 28 unspecified atom stereocenters. The fraction of sp³-hybridized carbons (Fsp3) is 0.942. The third kappa shape index (κ3) is 9.16. The lowest BCUT2D eigenvalue weighted by atomic mass is 9.33. The summed E-state index contributed by atoms with van der Waals surface area (Å²) in [6, 6.07) is 0. The lowest BCUT2D eigenvalue weighted by Gasteiger charge is -2.71. The van der Waals surface area contributed by atoms with Gasteiger partial charge in [0.1, 0.15) is 85.5 Å². The third-order valence-corrected chi connectivity index (χ3v) is 20.7. The highest BCUT2D eigenvalue weighted by molar-refractivity contribution is 5.79. The van der Waals surface area contributed by atoms with Crippen molar-refractivity contribution in [2.45, 2.75) is 241 Å². The van der Waals surface area contributed by atoms with E-state index in [0.29, 0.717) is 44.9 Å². The highest BCUT2D eigenvalue weighted by Gasteiger charge is 2.70. The van der Waals surface area contributed by atoms with Crippen LogP contribution in [-0.4, -0.2) is 221 Å². The number of carbonyl (C=O) groups excluding carboxylic acids is 1.